The summed E-state index contributed by atoms with van der Waals surface area (Å²) in [6.07, 6.45) is 0. The third-order valence-electron chi connectivity index (χ3n) is 4.77. The van der Waals surface area contributed by atoms with Crippen molar-refractivity contribution >= 4 is 44.8 Å². The van der Waals surface area contributed by atoms with E-state index >= 15 is 0 Å². The van der Waals surface area contributed by atoms with Gasteiger partial charge in [-0.05, 0) is 48.5 Å². The average molecular weight is 502 g/mol. The summed E-state index contributed by atoms with van der Waals surface area (Å²) >= 11 is 5.90. The Morgan fingerprint density at radius 1 is 0.941 bits per heavy atom. The zero-order chi connectivity index (χ0) is 24.6. The van der Waals surface area contributed by atoms with Gasteiger partial charge in [-0.15, -0.1) is 0 Å². The lowest BCUT2D eigenvalue weighted by molar-refractivity contribution is -0.114. The molecule has 34 heavy (non-hydrogen) atoms. The summed E-state index contributed by atoms with van der Waals surface area (Å²) in [6.45, 7) is 0.141. The molecule has 2 amide bonds. The SMILES string of the molecule is COCCNC(=O)c1ccccc1NC(=O)CN(c1ccccc1)S(=O)(=O)c1ccc(Cl)cc1. The molecule has 0 aromatic heterocycles. The van der Waals surface area contributed by atoms with E-state index in [-0.39, 0.29) is 22.1 Å². The number of nitrogens with one attached hydrogen (secondary N) is 2. The standard InChI is InChI=1S/C24H24ClN3O5S/c1-33-16-15-26-24(30)21-9-5-6-10-22(21)27-23(29)17-28(19-7-3-2-4-8-19)34(31,32)20-13-11-18(25)12-14-20/h2-14H,15-17H2,1H3,(H,26,30)(H,27,29). The van der Waals surface area contributed by atoms with Gasteiger partial charge >= 0.3 is 0 Å². The molecule has 0 aliphatic carbocycles. The van der Waals surface area contributed by atoms with E-state index in [0.29, 0.717) is 23.9 Å². The number of sulfonamides is 1. The molecule has 0 spiro atoms. The zero-order valence-corrected chi connectivity index (χ0v) is 20.0. The molecule has 10 heteroatoms. The maximum atomic E-state index is 13.4. The molecule has 0 radical (unpaired) electrons. The molecule has 0 saturated carbocycles. The van der Waals surface area contributed by atoms with Crippen LogP contribution in [0.5, 0.6) is 0 Å². The Morgan fingerprint density at radius 3 is 2.26 bits per heavy atom. The number of para-hydroxylation sites is 2. The predicted molar refractivity (Wildman–Crippen MR) is 132 cm³/mol. The molecule has 178 valence electrons. The zero-order valence-electron chi connectivity index (χ0n) is 18.4. The van der Waals surface area contributed by atoms with Gasteiger partial charge in [0.15, 0.2) is 0 Å². The number of benzene rings is 3. The number of carbonyl (C=O) groups excluding carboxylic acids is 2. The minimum absolute atomic E-state index is 0.00789. The lowest BCUT2D eigenvalue weighted by Gasteiger charge is -2.24. The smallest absolute Gasteiger partial charge is 0.264 e. The second kappa shape index (κ2) is 11.6. The number of amides is 2. The van der Waals surface area contributed by atoms with Crippen LogP contribution in [0.1, 0.15) is 10.4 Å². The van der Waals surface area contributed by atoms with Gasteiger partial charge in [0.2, 0.25) is 5.91 Å². The number of anilines is 2. The van der Waals surface area contributed by atoms with Crippen molar-refractivity contribution in [2.75, 3.05) is 36.4 Å². The lowest BCUT2D eigenvalue weighted by atomic mass is 10.1. The van der Waals surface area contributed by atoms with Crippen LogP contribution in [0.2, 0.25) is 5.02 Å². The molecule has 0 unspecified atom stereocenters. The molecule has 3 aromatic carbocycles. The van der Waals surface area contributed by atoms with Crippen molar-refractivity contribution in [3.63, 3.8) is 0 Å². The van der Waals surface area contributed by atoms with E-state index < -0.39 is 22.5 Å². The fourth-order valence-corrected chi connectivity index (χ4v) is 4.66. The van der Waals surface area contributed by atoms with Crippen LogP contribution in [-0.4, -0.2) is 47.0 Å². The number of carbonyl (C=O) groups is 2. The molecule has 0 bridgehead atoms. The summed E-state index contributed by atoms with van der Waals surface area (Å²) in [5.41, 5.74) is 0.830. The molecule has 0 aliphatic rings. The first-order chi connectivity index (χ1) is 16.3. The van der Waals surface area contributed by atoms with Crippen molar-refractivity contribution in [2.45, 2.75) is 4.90 Å². The highest BCUT2D eigenvalue weighted by molar-refractivity contribution is 7.92. The van der Waals surface area contributed by atoms with E-state index in [1.807, 2.05) is 0 Å². The molecular formula is C24H24ClN3O5S. The first kappa shape index (κ1) is 25.2. The van der Waals surface area contributed by atoms with Crippen LogP contribution < -0.4 is 14.9 Å². The number of rotatable bonds is 10. The highest BCUT2D eigenvalue weighted by Crippen LogP contribution is 2.25. The van der Waals surface area contributed by atoms with E-state index in [1.165, 1.54) is 31.4 Å². The summed E-state index contributed by atoms with van der Waals surface area (Å²) in [5.74, 6) is -1.000. The number of nitrogens with zero attached hydrogens (tertiary/aromatic N) is 1. The first-order valence-corrected chi connectivity index (χ1v) is 12.1. The summed E-state index contributed by atoms with van der Waals surface area (Å²) in [7, 11) is -2.55. The first-order valence-electron chi connectivity index (χ1n) is 10.3. The fourth-order valence-electron chi connectivity index (χ4n) is 3.12. The topological polar surface area (TPSA) is 105 Å². The van der Waals surface area contributed by atoms with Crippen LogP contribution in [0.3, 0.4) is 0 Å². The van der Waals surface area contributed by atoms with E-state index in [1.54, 1.807) is 54.6 Å². The Kier molecular flexibility index (Phi) is 8.64. The van der Waals surface area contributed by atoms with Crippen molar-refractivity contribution < 1.29 is 22.7 Å². The van der Waals surface area contributed by atoms with Gasteiger partial charge in [-0.1, -0.05) is 41.9 Å². The van der Waals surface area contributed by atoms with Crippen molar-refractivity contribution in [3.05, 3.63) is 89.4 Å². The highest BCUT2D eigenvalue weighted by Gasteiger charge is 2.27. The van der Waals surface area contributed by atoms with Crippen LogP contribution in [0.25, 0.3) is 0 Å². The van der Waals surface area contributed by atoms with Crippen molar-refractivity contribution in [1.82, 2.24) is 5.32 Å². The van der Waals surface area contributed by atoms with Crippen LogP contribution in [0.15, 0.2) is 83.8 Å². The highest BCUT2D eigenvalue weighted by atomic mass is 35.5. The molecule has 0 fully saturated rings. The lowest BCUT2D eigenvalue weighted by Crippen LogP contribution is -2.38. The van der Waals surface area contributed by atoms with Crippen LogP contribution in [-0.2, 0) is 19.6 Å². The molecule has 0 saturated heterocycles. The number of ether oxygens (including phenoxy) is 1. The largest absolute Gasteiger partial charge is 0.383 e. The van der Waals surface area contributed by atoms with Gasteiger partial charge in [-0.3, -0.25) is 13.9 Å². The normalized spacial score (nSPS) is 11.0. The van der Waals surface area contributed by atoms with Gasteiger partial charge in [-0.25, -0.2) is 8.42 Å². The van der Waals surface area contributed by atoms with Crippen molar-refractivity contribution in [2.24, 2.45) is 0 Å². The molecular weight excluding hydrogens is 478 g/mol. The van der Waals surface area contributed by atoms with Crippen molar-refractivity contribution in [3.8, 4) is 0 Å². The molecule has 3 rings (SSSR count). The number of hydrogen-bond donors (Lipinski definition) is 2. The number of hydrogen-bond acceptors (Lipinski definition) is 5. The summed E-state index contributed by atoms with van der Waals surface area (Å²) in [6, 6.07) is 20.5. The molecule has 0 aliphatic heterocycles. The van der Waals surface area contributed by atoms with Gasteiger partial charge in [0.05, 0.1) is 28.4 Å². The monoisotopic (exact) mass is 501 g/mol. The van der Waals surface area contributed by atoms with Crippen molar-refractivity contribution in [1.29, 1.82) is 0 Å². The minimum atomic E-state index is -4.08. The Hall–Kier alpha value is -3.40. The summed E-state index contributed by atoms with van der Waals surface area (Å²) < 4.78 is 32.7. The second-order valence-corrected chi connectivity index (χ2v) is 9.44. The Labute approximate surface area is 203 Å². The van der Waals surface area contributed by atoms with Gasteiger partial charge < -0.3 is 15.4 Å². The van der Waals surface area contributed by atoms with E-state index in [4.69, 9.17) is 16.3 Å². The number of halogens is 1. The Balaban J connectivity index is 1.85. The fraction of sp³-hybridized carbons (Fsp3) is 0.167. The second-order valence-electron chi connectivity index (χ2n) is 7.14. The van der Waals surface area contributed by atoms with E-state index in [0.717, 1.165) is 4.31 Å². The Morgan fingerprint density at radius 2 is 1.59 bits per heavy atom. The quantitative estimate of drug-likeness (QED) is 0.413. The molecule has 3 aromatic rings. The van der Waals surface area contributed by atoms with E-state index in [9.17, 15) is 18.0 Å². The summed E-state index contributed by atoms with van der Waals surface area (Å²) in [4.78, 5) is 25.5. The van der Waals surface area contributed by atoms with E-state index in [2.05, 4.69) is 10.6 Å². The molecule has 0 atom stereocenters. The van der Waals surface area contributed by atoms with Crippen LogP contribution in [0, 0.1) is 0 Å². The van der Waals surface area contributed by atoms with Crippen LogP contribution >= 0.6 is 11.6 Å². The summed E-state index contributed by atoms with van der Waals surface area (Å²) in [5, 5.41) is 5.75. The van der Waals surface area contributed by atoms with Crippen LogP contribution in [0.4, 0.5) is 11.4 Å². The Bertz CT molecular complexity index is 1230. The van der Waals surface area contributed by atoms with Gasteiger partial charge in [0, 0.05) is 18.7 Å². The molecule has 0 heterocycles. The maximum Gasteiger partial charge on any atom is 0.264 e. The predicted octanol–water partition coefficient (Wildman–Crippen LogP) is 3.55. The molecule has 8 nitrogen and oxygen atoms in total. The van der Waals surface area contributed by atoms with Gasteiger partial charge in [0.25, 0.3) is 15.9 Å². The average Bonchev–Trinajstić information content (AvgIpc) is 2.83. The van der Waals surface area contributed by atoms with Gasteiger partial charge in [-0.2, -0.15) is 0 Å². The number of methoxy groups -OCH3 is 1. The maximum absolute atomic E-state index is 13.4. The minimum Gasteiger partial charge on any atom is -0.383 e. The third-order valence-corrected chi connectivity index (χ3v) is 6.81. The third kappa shape index (κ3) is 6.34. The molecule has 2 N–H and O–H groups in total. The van der Waals surface area contributed by atoms with Gasteiger partial charge in [0.1, 0.15) is 6.54 Å².